The molecule has 10 heteroatoms. The fourth-order valence-electron chi connectivity index (χ4n) is 2.64. The van der Waals surface area contributed by atoms with Gasteiger partial charge in [0.1, 0.15) is 5.75 Å². The SMILES string of the molecule is COc1ccc(-c2csc(NC(=O)CSc3cccc(NC(=O)CCC(=O)O)c3)n2)cc1. The number of hydrogen-bond donors (Lipinski definition) is 3. The molecule has 3 rings (SSSR count). The second-order valence-corrected chi connectivity index (χ2v) is 8.48. The van der Waals surface area contributed by atoms with Gasteiger partial charge in [-0.25, -0.2) is 4.98 Å². The molecule has 0 saturated carbocycles. The van der Waals surface area contributed by atoms with Gasteiger partial charge in [0.2, 0.25) is 11.8 Å². The van der Waals surface area contributed by atoms with Crippen LogP contribution in [0.25, 0.3) is 11.3 Å². The Morgan fingerprint density at radius 3 is 2.56 bits per heavy atom. The highest BCUT2D eigenvalue weighted by atomic mass is 32.2. The van der Waals surface area contributed by atoms with Crippen LogP contribution in [-0.4, -0.2) is 40.7 Å². The van der Waals surface area contributed by atoms with Crippen molar-refractivity contribution in [2.45, 2.75) is 17.7 Å². The van der Waals surface area contributed by atoms with Crippen molar-refractivity contribution in [3.63, 3.8) is 0 Å². The molecule has 0 unspecified atom stereocenters. The van der Waals surface area contributed by atoms with Crippen LogP contribution in [0.4, 0.5) is 10.8 Å². The largest absolute Gasteiger partial charge is 0.497 e. The molecule has 32 heavy (non-hydrogen) atoms. The monoisotopic (exact) mass is 471 g/mol. The number of ether oxygens (including phenoxy) is 1. The number of aromatic nitrogens is 1. The lowest BCUT2D eigenvalue weighted by molar-refractivity contribution is -0.138. The van der Waals surface area contributed by atoms with E-state index in [1.807, 2.05) is 35.7 Å². The molecule has 0 aliphatic carbocycles. The maximum absolute atomic E-state index is 12.3. The van der Waals surface area contributed by atoms with Gasteiger partial charge in [-0.05, 0) is 42.5 Å². The van der Waals surface area contributed by atoms with Crippen LogP contribution in [0.15, 0.2) is 58.8 Å². The Morgan fingerprint density at radius 2 is 1.84 bits per heavy atom. The molecule has 2 aromatic carbocycles. The molecule has 1 heterocycles. The van der Waals surface area contributed by atoms with Crippen LogP contribution in [-0.2, 0) is 14.4 Å². The van der Waals surface area contributed by atoms with Crippen LogP contribution >= 0.6 is 23.1 Å². The number of thiazole rings is 1. The number of benzene rings is 2. The summed E-state index contributed by atoms with van der Waals surface area (Å²) in [5.41, 5.74) is 2.25. The molecule has 0 saturated heterocycles. The van der Waals surface area contributed by atoms with Crippen molar-refractivity contribution in [2.24, 2.45) is 0 Å². The third kappa shape index (κ3) is 7.10. The van der Waals surface area contributed by atoms with Crippen LogP contribution < -0.4 is 15.4 Å². The summed E-state index contributed by atoms with van der Waals surface area (Å²) >= 11 is 2.67. The number of thioether (sulfide) groups is 1. The van der Waals surface area contributed by atoms with Crippen LogP contribution in [0.2, 0.25) is 0 Å². The number of anilines is 2. The van der Waals surface area contributed by atoms with Gasteiger partial charge in [0.25, 0.3) is 0 Å². The van der Waals surface area contributed by atoms with E-state index in [4.69, 9.17) is 9.84 Å². The number of amides is 2. The lowest BCUT2D eigenvalue weighted by Crippen LogP contribution is -2.14. The second-order valence-electron chi connectivity index (χ2n) is 6.57. The van der Waals surface area contributed by atoms with E-state index < -0.39 is 5.97 Å². The molecular formula is C22H21N3O5S2. The van der Waals surface area contributed by atoms with Gasteiger partial charge in [-0.15, -0.1) is 23.1 Å². The van der Waals surface area contributed by atoms with E-state index in [1.54, 1.807) is 25.3 Å². The molecular weight excluding hydrogens is 450 g/mol. The maximum atomic E-state index is 12.3. The van der Waals surface area contributed by atoms with Crippen molar-refractivity contribution in [3.8, 4) is 17.0 Å². The molecule has 0 bridgehead atoms. The highest BCUT2D eigenvalue weighted by Gasteiger charge is 2.10. The van der Waals surface area contributed by atoms with Gasteiger partial charge in [-0.1, -0.05) is 6.07 Å². The third-order valence-corrected chi connectivity index (χ3v) is 5.94. The van der Waals surface area contributed by atoms with E-state index in [0.717, 1.165) is 21.9 Å². The van der Waals surface area contributed by atoms with Crippen molar-refractivity contribution >= 4 is 51.7 Å². The summed E-state index contributed by atoms with van der Waals surface area (Å²) in [6.45, 7) is 0. The summed E-state index contributed by atoms with van der Waals surface area (Å²) < 4.78 is 5.15. The van der Waals surface area contributed by atoms with Gasteiger partial charge in [0, 0.05) is 27.9 Å². The van der Waals surface area contributed by atoms with E-state index in [9.17, 15) is 14.4 Å². The Balaban J connectivity index is 1.50. The molecule has 166 valence electrons. The summed E-state index contributed by atoms with van der Waals surface area (Å²) in [7, 11) is 1.61. The van der Waals surface area contributed by atoms with Crippen LogP contribution in [0.5, 0.6) is 5.75 Å². The van der Waals surface area contributed by atoms with Crippen molar-refractivity contribution in [3.05, 3.63) is 53.9 Å². The normalized spacial score (nSPS) is 10.4. The molecule has 0 spiro atoms. The molecule has 0 radical (unpaired) electrons. The van der Waals surface area contributed by atoms with Crippen molar-refractivity contribution in [1.29, 1.82) is 0 Å². The zero-order valence-electron chi connectivity index (χ0n) is 17.2. The highest BCUT2D eigenvalue weighted by Crippen LogP contribution is 2.27. The summed E-state index contributed by atoms with van der Waals surface area (Å²) in [5, 5.41) is 16.5. The van der Waals surface area contributed by atoms with Gasteiger partial charge in [0.15, 0.2) is 5.13 Å². The van der Waals surface area contributed by atoms with Gasteiger partial charge < -0.3 is 20.5 Å². The number of hydrogen-bond acceptors (Lipinski definition) is 7. The first kappa shape index (κ1) is 23.3. The summed E-state index contributed by atoms with van der Waals surface area (Å²) in [6, 6.07) is 14.6. The third-order valence-electron chi connectivity index (χ3n) is 4.19. The number of nitrogens with one attached hydrogen (secondary N) is 2. The molecule has 0 aliphatic heterocycles. The number of carboxylic acid groups (broad SMARTS) is 1. The minimum Gasteiger partial charge on any atom is -0.497 e. The lowest BCUT2D eigenvalue weighted by Gasteiger charge is -2.07. The Morgan fingerprint density at radius 1 is 1.06 bits per heavy atom. The average Bonchev–Trinajstić information content (AvgIpc) is 3.25. The zero-order valence-corrected chi connectivity index (χ0v) is 18.8. The molecule has 3 N–H and O–H groups in total. The summed E-state index contributed by atoms with van der Waals surface area (Å²) in [6.07, 6.45) is -0.321. The Labute approximate surface area is 193 Å². The average molecular weight is 472 g/mol. The number of nitrogens with zero attached hydrogens (tertiary/aromatic N) is 1. The number of rotatable bonds is 10. The first-order chi connectivity index (χ1) is 15.4. The van der Waals surface area contributed by atoms with Gasteiger partial charge in [0.05, 0.1) is 25.0 Å². The maximum Gasteiger partial charge on any atom is 0.303 e. The van der Waals surface area contributed by atoms with E-state index in [1.165, 1.54) is 23.1 Å². The minimum absolute atomic E-state index is 0.0958. The number of aliphatic carboxylic acids is 1. The fraction of sp³-hybridized carbons (Fsp3) is 0.182. The molecule has 0 fully saturated rings. The van der Waals surface area contributed by atoms with Crippen LogP contribution in [0, 0.1) is 0 Å². The Bertz CT molecular complexity index is 1100. The standard InChI is InChI=1S/C22H21N3O5S2/c1-30-16-7-5-14(6-8-16)18-12-32-22(24-18)25-20(27)13-31-17-4-2-3-15(11-17)23-19(26)9-10-21(28)29/h2-8,11-12H,9-10,13H2,1H3,(H,23,26)(H,28,29)(H,24,25,27). The fourth-order valence-corrected chi connectivity index (χ4v) is 4.13. The van der Waals surface area contributed by atoms with E-state index in [-0.39, 0.29) is 30.4 Å². The van der Waals surface area contributed by atoms with E-state index >= 15 is 0 Å². The topological polar surface area (TPSA) is 118 Å². The van der Waals surface area contributed by atoms with Gasteiger partial charge in [-0.2, -0.15) is 0 Å². The first-order valence-electron chi connectivity index (χ1n) is 9.57. The predicted octanol–water partition coefficient (Wildman–Crippen LogP) is 4.35. The van der Waals surface area contributed by atoms with E-state index in [0.29, 0.717) is 10.8 Å². The number of carbonyl (C=O) groups excluding carboxylic acids is 2. The number of methoxy groups -OCH3 is 1. The Kier molecular flexibility index (Phi) is 8.23. The first-order valence-corrected chi connectivity index (χ1v) is 11.4. The van der Waals surface area contributed by atoms with Crippen molar-refractivity contribution in [1.82, 2.24) is 4.98 Å². The molecule has 8 nitrogen and oxygen atoms in total. The number of carbonyl (C=O) groups is 3. The van der Waals surface area contributed by atoms with E-state index in [2.05, 4.69) is 15.6 Å². The molecule has 0 aliphatic rings. The quantitative estimate of drug-likeness (QED) is 0.376. The van der Waals surface area contributed by atoms with Crippen molar-refractivity contribution < 1.29 is 24.2 Å². The van der Waals surface area contributed by atoms with Crippen LogP contribution in [0.3, 0.4) is 0 Å². The molecule has 3 aromatic rings. The summed E-state index contributed by atoms with van der Waals surface area (Å²) in [4.78, 5) is 39.9. The predicted molar refractivity (Wildman–Crippen MR) is 125 cm³/mol. The van der Waals surface area contributed by atoms with Gasteiger partial charge in [-0.3, -0.25) is 14.4 Å². The molecule has 0 atom stereocenters. The smallest absolute Gasteiger partial charge is 0.303 e. The lowest BCUT2D eigenvalue weighted by atomic mass is 10.2. The minimum atomic E-state index is -1.02. The highest BCUT2D eigenvalue weighted by molar-refractivity contribution is 8.00. The Hall–Kier alpha value is -3.37. The van der Waals surface area contributed by atoms with Crippen molar-refractivity contribution in [2.75, 3.05) is 23.5 Å². The molecule has 1 aromatic heterocycles. The summed E-state index contributed by atoms with van der Waals surface area (Å²) in [5.74, 6) is -0.649. The molecule has 2 amide bonds. The number of carboxylic acids is 1. The van der Waals surface area contributed by atoms with Gasteiger partial charge >= 0.3 is 5.97 Å². The van der Waals surface area contributed by atoms with Crippen LogP contribution in [0.1, 0.15) is 12.8 Å². The zero-order chi connectivity index (χ0) is 22.9. The second kappa shape index (κ2) is 11.3.